The lowest BCUT2D eigenvalue weighted by atomic mass is 9.96. The molecule has 14 heavy (non-hydrogen) atoms. The zero-order valence-corrected chi connectivity index (χ0v) is 9.30. The molecular formula is C12H20N2. The number of benzene rings is 1. The van der Waals surface area contributed by atoms with Crippen molar-refractivity contribution in [2.75, 3.05) is 5.73 Å². The van der Waals surface area contributed by atoms with Gasteiger partial charge in [-0.25, -0.2) is 0 Å². The first kappa shape index (κ1) is 11.1. The molecule has 2 nitrogen and oxygen atoms in total. The Hall–Kier alpha value is -1.02. The van der Waals surface area contributed by atoms with E-state index in [9.17, 15) is 0 Å². The third kappa shape index (κ3) is 2.26. The molecule has 4 N–H and O–H groups in total. The summed E-state index contributed by atoms with van der Waals surface area (Å²) in [6.07, 6.45) is 2.15. The van der Waals surface area contributed by atoms with E-state index in [0.717, 1.165) is 24.1 Å². The number of nitrogens with two attached hydrogens (primary N) is 2. The van der Waals surface area contributed by atoms with Crippen LogP contribution in [-0.2, 0) is 0 Å². The van der Waals surface area contributed by atoms with Gasteiger partial charge < -0.3 is 11.5 Å². The maximum atomic E-state index is 6.08. The van der Waals surface area contributed by atoms with E-state index in [1.54, 1.807) is 0 Å². The van der Waals surface area contributed by atoms with Gasteiger partial charge in [0.2, 0.25) is 0 Å². The van der Waals surface area contributed by atoms with Gasteiger partial charge >= 0.3 is 0 Å². The summed E-state index contributed by atoms with van der Waals surface area (Å²) >= 11 is 0. The Bertz CT molecular complexity index is 318. The van der Waals surface area contributed by atoms with Crippen molar-refractivity contribution in [1.82, 2.24) is 0 Å². The first-order valence-electron chi connectivity index (χ1n) is 5.18. The minimum atomic E-state index is 0.152. The van der Waals surface area contributed by atoms with E-state index in [2.05, 4.69) is 19.9 Å². The highest BCUT2D eigenvalue weighted by molar-refractivity contribution is 5.51. The summed E-state index contributed by atoms with van der Waals surface area (Å²) in [5.74, 6) is 0. The van der Waals surface area contributed by atoms with E-state index < -0.39 is 0 Å². The summed E-state index contributed by atoms with van der Waals surface area (Å²) in [6, 6.07) is 4.28. The van der Waals surface area contributed by atoms with Gasteiger partial charge in [0.25, 0.3) is 0 Å². The van der Waals surface area contributed by atoms with Gasteiger partial charge in [-0.15, -0.1) is 0 Å². The van der Waals surface area contributed by atoms with Crippen molar-refractivity contribution in [2.24, 2.45) is 5.73 Å². The molecule has 0 heterocycles. The molecule has 0 spiro atoms. The fourth-order valence-corrected chi connectivity index (χ4v) is 1.73. The van der Waals surface area contributed by atoms with E-state index in [4.69, 9.17) is 11.5 Å². The van der Waals surface area contributed by atoms with Crippen LogP contribution in [0.5, 0.6) is 0 Å². The highest BCUT2D eigenvalue weighted by Crippen LogP contribution is 2.24. The van der Waals surface area contributed by atoms with Crippen LogP contribution in [0.3, 0.4) is 0 Å². The van der Waals surface area contributed by atoms with Gasteiger partial charge in [-0.1, -0.05) is 19.4 Å². The first-order chi connectivity index (χ1) is 6.56. The smallest absolute Gasteiger partial charge is 0.0346 e. The zero-order chi connectivity index (χ0) is 10.7. The highest BCUT2D eigenvalue weighted by atomic mass is 14.6. The number of anilines is 1. The maximum absolute atomic E-state index is 6.08. The Kier molecular flexibility index (Phi) is 3.53. The van der Waals surface area contributed by atoms with Crippen LogP contribution in [0.2, 0.25) is 0 Å². The lowest BCUT2D eigenvalue weighted by Crippen LogP contribution is -2.12. The van der Waals surface area contributed by atoms with Crippen LogP contribution in [-0.4, -0.2) is 0 Å². The summed E-state index contributed by atoms with van der Waals surface area (Å²) in [5, 5.41) is 0. The Morgan fingerprint density at radius 3 is 2.43 bits per heavy atom. The van der Waals surface area contributed by atoms with Crippen molar-refractivity contribution in [3.8, 4) is 0 Å². The Morgan fingerprint density at radius 2 is 1.86 bits per heavy atom. The summed E-state index contributed by atoms with van der Waals surface area (Å²) in [4.78, 5) is 0. The van der Waals surface area contributed by atoms with E-state index in [1.807, 2.05) is 13.0 Å². The van der Waals surface area contributed by atoms with Crippen molar-refractivity contribution in [3.63, 3.8) is 0 Å². The van der Waals surface area contributed by atoms with Crippen LogP contribution in [0, 0.1) is 13.8 Å². The molecule has 0 unspecified atom stereocenters. The molecule has 0 aliphatic rings. The van der Waals surface area contributed by atoms with E-state index >= 15 is 0 Å². The van der Waals surface area contributed by atoms with Gasteiger partial charge in [0.1, 0.15) is 0 Å². The number of hydrogen-bond acceptors (Lipinski definition) is 2. The van der Waals surface area contributed by atoms with Gasteiger partial charge in [-0.3, -0.25) is 0 Å². The number of hydrogen-bond donors (Lipinski definition) is 2. The molecule has 1 aromatic carbocycles. The number of nitrogen functional groups attached to an aromatic ring is 1. The van der Waals surface area contributed by atoms with Crippen molar-refractivity contribution in [3.05, 3.63) is 28.8 Å². The molecule has 0 aromatic heterocycles. The van der Waals surface area contributed by atoms with Crippen LogP contribution in [0.25, 0.3) is 0 Å². The third-order valence-corrected chi connectivity index (χ3v) is 2.65. The van der Waals surface area contributed by atoms with E-state index in [1.165, 1.54) is 11.1 Å². The largest absolute Gasteiger partial charge is 0.399 e. The summed E-state index contributed by atoms with van der Waals surface area (Å²) in [7, 11) is 0. The topological polar surface area (TPSA) is 52.0 Å². The van der Waals surface area contributed by atoms with Gasteiger partial charge in [0.15, 0.2) is 0 Å². The van der Waals surface area contributed by atoms with Crippen LogP contribution in [0.1, 0.15) is 42.5 Å². The average molecular weight is 192 g/mol. The van der Waals surface area contributed by atoms with E-state index in [0.29, 0.717) is 0 Å². The van der Waals surface area contributed by atoms with Gasteiger partial charge in [-0.2, -0.15) is 0 Å². The monoisotopic (exact) mass is 192 g/mol. The molecule has 0 amide bonds. The second kappa shape index (κ2) is 4.47. The van der Waals surface area contributed by atoms with Crippen molar-refractivity contribution >= 4 is 5.69 Å². The minimum absolute atomic E-state index is 0.152. The number of aryl methyl sites for hydroxylation is 2. The molecule has 1 atom stereocenters. The molecule has 0 radical (unpaired) electrons. The fraction of sp³-hybridized carbons (Fsp3) is 0.500. The Balaban J connectivity index is 3.02. The van der Waals surface area contributed by atoms with Crippen LogP contribution in [0.4, 0.5) is 5.69 Å². The van der Waals surface area contributed by atoms with Crippen molar-refractivity contribution < 1.29 is 0 Å². The molecular weight excluding hydrogens is 172 g/mol. The zero-order valence-electron chi connectivity index (χ0n) is 9.30. The number of rotatable bonds is 3. The minimum Gasteiger partial charge on any atom is -0.399 e. The Morgan fingerprint density at radius 1 is 1.21 bits per heavy atom. The molecule has 1 rings (SSSR count). The van der Waals surface area contributed by atoms with E-state index in [-0.39, 0.29) is 6.04 Å². The molecule has 2 heteroatoms. The molecule has 0 saturated heterocycles. The summed E-state index contributed by atoms with van der Waals surface area (Å²) in [5.41, 5.74) is 16.3. The lowest BCUT2D eigenvalue weighted by Gasteiger charge is -2.15. The third-order valence-electron chi connectivity index (χ3n) is 2.65. The normalized spacial score (nSPS) is 12.9. The lowest BCUT2D eigenvalue weighted by molar-refractivity contribution is 0.635. The second-order valence-corrected chi connectivity index (χ2v) is 3.96. The molecule has 0 saturated carbocycles. The van der Waals surface area contributed by atoms with Gasteiger partial charge in [-0.05, 0) is 43.0 Å². The van der Waals surface area contributed by atoms with Crippen LogP contribution in [0.15, 0.2) is 12.1 Å². The van der Waals surface area contributed by atoms with Crippen LogP contribution >= 0.6 is 0 Å². The standard InChI is InChI=1S/C12H20N2/c1-4-5-11(13)10-6-9(3)12(14)7-8(10)2/h6-7,11H,4-5,13-14H2,1-3H3/t11-/m1/s1. The second-order valence-electron chi connectivity index (χ2n) is 3.96. The molecule has 1 aromatic rings. The molecule has 0 bridgehead atoms. The predicted molar refractivity (Wildman–Crippen MR) is 62.2 cm³/mol. The van der Waals surface area contributed by atoms with Crippen molar-refractivity contribution in [2.45, 2.75) is 39.7 Å². The predicted octanol–water partition coefficient (Wildman–Crippen LogP) is 2.69. The average Bonchev–Trinajstić information content (AvgIpc) is 2.11. The SMILES string of the molecule is CCC[C@@H](N)c1cc(C)c(N)cc1C. The van der Waals surface area contributed by atoms with Crippen molar-refractivity contribution in [1.29, 1.82) is 0 Å². The molecule has 78 valence electrons. The quantitative estimate of drug-likeness (QED) is 0.723. The molecule has 0 aliphatic carbocycles. The summed E-state index contributed by atoms with van der Waals surface area (Å²) < 4.78 is 0. The molecule has 0 aliphatic heterocycles. The summed E-state index contributed by atoms with van der Waals surface area (Å²) in [6.45, 7) is 6.25. The highest BCUT2D eigenvalue weighted by Gasteiger charge is 2.09. The van der Waals surface area contributed by atoms with Gasteiger partial charge in [0.05, 0.1) is 0 Å². The maximum Gasteiger partial charge on any atom is 0.0346 e. The first-order valence-corrected chi connectivity index (χ1v) is 5.18. The molecule has 0 fully saturated rings. The van der Waals surface area contributed by atoms with Gasteiger partial charge in [0, 0.05) is 11.7 Å². The van der Waals surface area contributed by atoms with Crippen LogP contribution < -0.4 is 11.5 Å². The fourth-order valence-electron chi connectivity index (χ4n) is 1.73. The Labute approximate surface area is 86.3 Å².